The molecule has 0 bridgehead atoms. The molecule has 1 N–H and O–H groups in total. The van der Waals surface area contributed by atoms with Crippen LogP contribution in [0.3, 0.4) is 0 Å². The van der Waals surface area contributed by atoms with Gasteiger partial charge in [0, 0.05) is 24.8 Å². The molecule has 0 atom stereocenters. The van der Waals surface area contributed by atoms with E-state index in [9.17, 15) is 10.1 Å². The zero-order valence-corrected chi connectivity index (χ0v) is 16.8. The van der Waals surface area contributed by atoms with E-state index >= 15 is 0 Å². The molecule has 2 aromatic carbocycles. The number of nitrogens with zero attached hydrogens (tertiary/aromatic N) is 3. The molecule has 1 saturated heterocycles. The normalized spacial score (nSPS) is 14.2. The highest BCUT2D eigenvalue weighted by molar-refractivity contribution is 6.05. The summed E-state index contributed by atoms with van der Waals surface area (Å²) in [4.78, 5) is 19.4. The molecule has 1 aliphatic rings. The Morgan fingerprint density at radius 1 is 1.07 bits per heavy atom. The lowest BCUT2D eigenvalue weighted by atomic mass is 9.90. The van der Waals surface area contributed by atoms with Crippen LogP contribution in [0, 0.1) is 17.2 Å². The Balaban J connectivity index is 1.39. The molecule has 30 heavy (non-hydrogen) atoms. The number of carbonyl (C=O) groups excluding carboxylic acids is 1. The topological polar surface area (TPSA) is 69.0 Å². The smallest absolute Gasteiger partial charge is 0.255 e. The van der Waals surface area contributed by atoms with Crippen molar-refractivity contribution in [2.24, 2.45) is 5.92 Å². The van der Waals surface area contributed by atoms with E-state index in [2.05, 4.69) is 51.6 Å². The van der Waals surface area contributed by atoms with Crippen LogP contribution in [0.1, 0.15) is 34.3 Å². The maximum absolute atomic E-state index is 12.7. The van der Waals surface area contributed by atoms with Crippen LogP contribution >= 0.6 is 0 Å². The highest BCUT2D eigenvalue weighted by atomic mass is 16.1. The summed E-state index contributed by atoms with van der Waals surface area (Å²) in [6.45, 7) is 1.87. The second-order valence-electron chi connectivity index (χ2n) is 7.63. The van der Waals surface area contributed by atoms with E-state index in [-0.39, 0.29) is 5.91 Å². The number of rotatable bonds is 5. The van der Waals surface area contributed by atoms with Gasteiger partial charge in [0.2, 0.25) is 0 Å². The molecule has 1 amide bonds. The largest absolute Gasteiger partial charge is 0.357 e. The van der Waals surface area contributed by atoms with Crippen LogP contribution in [0.2, 0.25) is 0 Å². The Morgan fingerprint density at radius 2 is 1.80 bits per heavy atom. The SMILES string of the molecule is N#Cc1ccccc1NC(=O)c1ccnc(N2CCC(Cc3ccccc3)CC2)c1. The number of carbonyl (C=O) groups is 1. The van der Waals surface area contributed by atoms with Gasteiger partial charge in [0.25, 0.3) is 5.91 Å². The van der Waals surface area contributed by atoms with Gasteiger partial charge in [-0.05, 0) is 55.0 Å². The zero-order chi connectivity index (χ0) is 20.8. The van der Waals surface area contributed by atoms with Crippen molar-refractivity contribution in [3.8, 4) is 6.07 Å². The van der Waals surface area contributed by atoms with Crippen LogP contribution < -0.4 is 10.2 Å². The molecular formula is C25H24N4O. The van der Waals surface area contributed by atoms with Crippen molar-refractivity contribution in [1.82, 2.24) is 4.98 Å². The average Bonchev–Trinajstić information content (AvgIpc) is 2.81. The minimum absolute atomic E-state index is 0.236. The summed E-state index contributed by atoms with van der Waals surface area (Å²) in [7, 11) is 0. The zero-order valence-electron chi connectivity index (χ0n) is 16.8. The van der Waals surface area contributed by atoms with E-state index in [1.807, 2.05) is 6.07 Å². The number of benzene rings is 2. The van der Waals surface area contributed by atoms with Crippen LogP contribution in [0.4, 0.5) is 11.5 Å². The van der Waals surface area contributed by atoms with Gasteiger partial charge in [-0.25, -0.2) is 4.98 Å². The third-order valence-electron chi connectivity index (χ3n) is 5.61. The molecule has 0 radical (unpaired) electrons. The molecule has 1 aliphatic heterocycles. The first-order valence-electron chi connectivity index (χ1n) is 10.3. The Bertz CT molecular complexity index is 1050. The van der Waals surface area contributed by atoms with Gasteiger partial charge < -0.3 is 10.2 Å². The number of pyridine rings is 1. The molecule has 1 aromatic heterocycles. The van der Waals surface area contributed by atoms with Crippen molar-refractivity contribution in [3.63, 3.8) is 0 Å². The van der Waals surface area contributed by atoms with Crippen molar-refractivity contribution in [1.29, 1.82) is 5.26 Å². The maximum Gasteiger partial charge on any atom is 0.255 e. The number of para-hydroxylation sites is 1. The fourth-order valence-electron chi connectivity index (χ4n) is 3.93. The summed E-state index contributed by atoms with van der Waals surface area (Å²) in [6.07, 6.45) is 5.02. The van der Waals surface area contributed by atoms with Gasteiger partial charge in [0.05, 0.1) is 11.3 Å². The van der Waals surface area contributed by atoms with Crippen molar-refractivity contribution in [2.45, 2.75) is 19.3 Å². The molecule has 0 spiro atoms. The number of hydrogen-bond acceptors (Lipinski definition) is 4. The first kappa shape index (κ1) is 19.7. The predicted molar refractivity (Wildman–Crippen MR) is 118 cm³/mol. The highest BCUT2D eigenvalue weighted by Gasteiger charge is 2.21. The highest BCUT2D eigenvalue weighted by Crippen LogP contribution is 2.25. The Morgan fingerprint density at radius 3 is 2.57 bits per heavy atom. The third-order valence-corrected chi connectivity index (χ3v) is 5.61. The molecule has 5 heteroatoms. The average molecular weight is 396 g/mol. The quantitative estimate of drug-likeness (QED) is 0.681. The fourth-order valence-corrected chi connectivity index (χ4v) is 3.93. The number of aromatic nitrogens is 1. The predicted octanol–water partition coefficient (Wildman–Crippen LogP) is 4.66. The van der Waals surface area contributed by atoms with E-state index in [0.717, 1.165) is 38.2 Å². The lowest BCUT2D eigenvalue weighted by Crippen LogP contribution is -2.35. The van der Waals surface area contributed by atoms with E-state index in [4.69, 9.17) is 0 Å². The first-order valence-corrected chi connectivity index (χ1v) is 10.3. The molecule has 4 rings (SSSR count). The van der Waals surface area contributed by atoms with Crippen LogP contribution in [0.25, 0.3) is 0 Å². The molecule has 0 aliphatic carbocycles. The summed E-state index contributed by atoms with van der Waals surface area (Å²) in [5.74, 6) is 1.27. The van der Waals surface area contributed by atoms with Gasteiger partial charge in [-0.3, -0.25) is 4.79 Å². The van der Waals surface area contributed by atoms with Gasteiger partial charge in [0.1, 0.15) is 11.9 Å². The summed E-state index contributed by atoms with van der Waals surface area (Å²) in [5.41, 5.74) is 2.90. The number of nitrogens with one attached hydrogen (secondary N) is 1. The standard InChI is InChI=1S/C25H24N4O/c26-18-22-8-4-5-9-23(22)28-25(30)21-10-13-27-24(17-21)29-14-11-20(12-15-29)16-19-6-2-1-3-7-19/h1-10,13,17,20H,11-12,14-16H2,(H,28,30). The lowest BCUT2D eigenvalue weighted by Gasteiger charge is -2.33. The molecule has 2 heterocycles. The number of nitriles is 1. The number of hydrogen-bond donors (Lipinski definition) is 1. The van der Waals surface area contributed by atoms with E-state index in [0.29, 0.717) is 22.7 Å². The lowest BCUT2D eigenvalue weighted by molar-refractivity contribution is 0.102. The number of piperidine rings is 1. The first-order chi connectivity index (χ1) is 14.7. The monoisotopic (exact) mass is 396 g/mol. The Hall–Kier alpha value is -3.65. The van der Waals surface area contributed by atoms with Crippen molar-refractivity contribution < 1.29 is 4.79 Å². The van der Waals surface area contributed by atoms with Gasteiger partial charge >= 0.3 is 0 Å². The summed E-state index contributed by atoms with van der Waals surface area (Å²) >= 11 is 0. The van der Waals surface area contributed by atoms with E-state index in [1.54, 1.807) is 36.5 Å². The van der Waals surface area contributed by atoms with Crippen LogP contribution in [0.5, 0.6) is 0 Å². The molecule has 0 saturated carbocycles. The second-order valence-corrected chi connectivity index (χ2v) is 7.63. The minimum atomic E-state index is -0.236. The van der Waals surface area contributed by atoms with E-state index in [1.165, 1.54) is 5.56 Å². The summed E-state index contributed by atoms with van der Waals surface area (Å²) < 4.78 is 0. The van der Waals surface area contributed by atoms with Gasteiger partial charge in [0.15, 0.2) is 0 Å². The third kappa shape index (κ3) is 4.66. The van der Waals surface area contributed by atoms with Gasteiger partial charge in [-0.2, -0.15) is 5.26 Å². The summed E-state index contributed by atoms with van der Waals surface area (Å²) in [5, 5.41) is 12.0. The molecule has 5 nitrogen and oxygen atoms in total. The van der Waals surface area contributed by atoms with Crippen LogP contribution in [-0.2, 0) is 6.42 Å². The van der Waals surface area contributed by atoms with Crippen molar-refractivity contribution in [2.75, 3.05) is 23.3 Å². The number of anilines is 2. The van der Waals surface area contributed by atoms with Gasteiger partial charge in [-0.15, -0.1) is 0 Å². The molecule has 0 unspecified atom stereocenters. The molecule has 150 valence electrons. The molecule has 1 fully saturated rings. The van der Waals surface area contributed by atoms with Crippen molar-refractivity contribution >= 4 is 17.4 Å². The van der Waals surface area contributed by atoms with Crippen LogP contribution in [0.15, 0.2) is 72.9 Å². The molecule has 3 aromatic rings. The summed E-state index contributed by atoms with van der Waals surface area (Å²) in [6, 6.07) is 23.3. The van der Waals surface area contributed by atoms with E-state index < -0.39 is 0 Å². The van der Waals surface area contributed by atoms with Gasteiger partial charge in [-0.1, -0.05) is 42.5 Å². The second kappa shape index (κ2) is 9.23. The fraction of sp³-hybridized carbons (Fsp3) is 0.240. The van der Waals surface area contributed by atoms with Crippen LogP contribution in [-0.4, -0.2) is 24.0 Å². The minimum Gasteiger partial charge on any atom is -0.357 e. The van der Waals surface area contributed by atoms with Crippen molar-refractivity contribution in [3.05, 3.63) is 89.6 Å². The number of amides is 1. The maximum atomic E-state index is 12.7. The molecular weight excluding hydrogens is 372 g/mol. The Labute approximate surface area is 177 Å². The Kier molecular flexibility index (Phi) is 6.05.